The lowest BCUT2D eigenvalue weighted by Crippen LogP contribution is -2.48. The maximum Gasteiger partial charge on any atom is 0.271 e. The molecule has 3 amide bonds. The zero-order chi connectivity index (χ0) is 23.2. The van der Waals surface area contributed by atoms with Crippen molar-refractivity contribution in [1.82, 2.24) is 10.3 Å². The Bertz CT molecular complexity index is 1160. The van der Waals surface area contributed by atoms with Crippen molar-refractivity contribution < 1.29 is 19.1 Å². The van der Waals surface area contributed by atoms with Gasteiger partial charge in [-0.1, -0.05) is 29.8 Å². The number of methoxy groups -OCH3 is 1. The third-order valence-corrected chi connectivity index (χ3v) is 6.67. The number of benzene rings is 2. The van der Waals surface area contributed by atoms with Crippen LogP contribution in [0.25, 0.3) is 0 Å². The number of ether oxygens (including phenoxy) is 1. The minimum absolute atomic E-state index is 0.220. The number of hydrazone groups is 1. The first-order chi connectivity index (χ1) is 15.2. The van der Waals surface area contributed by atoms with E-state index in [2.05, 4.69) is 10.4 Å². The highest BCUT2D eigenvalue weighted by Crippen LogP contribution is 2.55. The van der Waals surface area contributed by atoms with Gasteiger partial charge in [-0.15, -0.1) is 5.10 Å². The molecule has 0 bridgehead atoms. The molecule has 9 heteroatoms. The summed E-state index contributed by atoms with van der Waals surface area (Å²) in [6, 6.07) is 11.4. The molecule has 4 rings (SSSR count). The van der Waals surface area contributed by atoms with Crippen LogP contribution >= 0.6 is 11.8 Å². The molecule has 2 aromatic carbocycles. The summed E-state index contributed by atoms with van der Waals surface area (Å²) < 4.78 is 5.23. The van der Waals surface area contributed by atoms with Gasteiger partial charge >= 0.3 is 0 Å². The molecule has 166 valence electrons. The van der Waals surface area contributed by atoms with E-state index in [0.717, 1.165) is 39.9 Å². The smallest absolute Gasteiger partial charge is 0.271 e. The van der Waals surface area contributed by atoms with Crippen molar-refractivity contribution in [3.05, 3.63) is 58.7 Å². The second kappa shape index (κ2) is 7.98. The van der Waals surface area contributed by atoms with Gasteiger partial charge in [0.25, 0.3) is 5.91 Å². The number of carbonyl (C=O) groups is 3. The third-order valence-electron chi connectivity index (χ3n) is 5.43. The van der Waals surface area contributed by atoms with Gasteiger partial charge in [0.05, 0.1) is 19.3 Å². The lowest BCUT2D eigenvalue weighted by atomic mass is 10.0. The van der Waals surface area contributed by atoms with E-state index in [9.17, 15) is 14.4 Å². The molecule has 1 N–H and O–H groups in total. The average Bonchev–Trinajstić information content (AvgIpc) is 3.21. The third kappa shape index (κ3) is 3.42. The predicted octanol–water partition coefficient (Wildman–Crippen LogP) is 3.01. The summed E-state index contributed by atoms with van der Waals surface area (Å²) in [6.07, 6.45) is 0. The Hall–Kier alpha value is -3.33. The molecule has 2 aliphatic rings. The summed E-state index contributed by atoms with van der Waals surface area (Å²) >= 11 is 1.09. The van der Waals surface area contributed by atoms with E-state index in [-0.39, 0.29) is 22.9 Å². The van der Waals surface area contributed by atoms with Crippen molar-refractivity contribution in [1.29, 1.82) is 0 Å². The summed E-state index contributed by atoms with van der Waals surface area (Å²) in [7, 11) is 1.60. The van der Waals surface area contributed by atoms with Crippen LogP contribution in [0.15, 0.2) is 41.5 Å². The Labute approximate surface area is 190 Å². The van der Waals surface area contributed by atoms with Crippen molar-refractivity contribution in [2.45, 2.75) is 39.1 Å². The predicted molar refractivity (Wildman–Crippen MR) is 123 cm³/mol. The number of hydrogen-bond acceptors (Lipinski definition) is 6. The van der Waals surface area contributed by atoms with Crippen LogP contribution in [-0.2, 0) is 25.8 Å². The van der Waals surface area contributed by atoms with Crippen molar-refractivity contribution in [2.75, 3.05) is 12.0 Å². The van der Waals surface area contributed by atoms with Gasteiger partial charge < -0.3 is 15.0 Å². The number of anilines is 1. The monoisotopic (exact) mass is 452 g/mol. The van der Waals surface area contributed by atoms with Crippen molar-refractivity contribution in [3.63, 3.8) is 0 Å². The lowest BCUT2D eigenvalue weighted by Gasteiger charge is -2.29. The topological polar surface area (TPSA) is 91.3 Å². The second-order valence-electron chi connectivity index (χ2n) is 7.88. The van der Waals surface area contributed by atoms with E-state index in [1.54, 1.807) is 12.0 Å². The van der Waals surface area contributed by atoms with Gasteiger partial charge in [0.15, 0.2) is 5.17 Å². The molecule has 8 nitrogen and oxygen atoms in total. The molecule has 1 atom stereocenters. The first kappa shape index (κ1) is 21.9. The summed E-state index contributed by atoms with van der Waals surface area (Å²) in [5.41, 5.74) is 4.27. The number of carbonyl (C=O) groups excluding carboxylic acids is 3. The van der Waals surface area contributed by atoms with E-state index in [0.29, 0.717) is 12.1 Å². The van der Waals surface area contributed by atoms with Crippen LogP contribution in [0, 0.1) is 13.8 Å². The summed E-state index contributed by atoms with van der Waals surface area (Å²) in [4.78, 5) is 38.6. The van der Waals surface area contributed by atoms with E-state index < -0.39 is 4.87 Å². The number of nitrogens with one attached hydrogen (secondary N) is 1. The molecule has 1 spiro atoms. The highest BCUT2D eigenvalue weighted by molar-refractivity contribution is 8.15. The van der Waals surface area contributed by atoms with Crippen molar-refractivity contribution in [2.24, 2.45) is 5.10 Å². The number of amides is 3. The molecule has 0 fully saturated rings. The van der Waals surface area contributed by atoms with Crippen LogP contribution in [0.3, 0.4) is 0 Å². The van der Waals surface area contributed by atoms with Crippen LogP contribution in [0.4, 0.5) is 5.69 Å². The summed E-state index contributed by atoms with van der Waals surface area (Å²) in [5.74, 6) is -0.255. The molecule has 0 aliphatic carbocycles. The number of rotatable bonds is 3. The van der Waals surface area contributed by atoms with Crippen LogP contribution in [0.2, 0.25) is 0 Å². The Balaban J connectivity index is 1.84. The zero-order valence-electron chi connectivity index (χ0n) is 18.6. The highest BCUT2D eigenvalue weighted by Gasteiger charge is 2.61. The Kier molecular flexibility index (Phi) is 5.46. The van der Waals surface area contributed by atoms with Gasteiger partial charge in [-0.05, 0) is 48.9 Å². The zero-order valence-corrected chi connectivity index (χ0v) is 19.4. The fourth-order valence-electron chi connectivity index (χ4n) is 4.20. The van der Waals surface area contributed by atoms with Crippen LogP contribution in [0.5, 0.6) is 5.75 Å². The van der Waals surface area contributed by atoms with Gasteiger partial charge in [-0.3, -0.25) is 14.4 Å². The van der Waals surface area contributed by atoms with Gasteiger partial charge in [-0.2, -0.15) is 5.01 Å². The van der Waals surface area contributed by atoms with E-state index in [1.165, 1.54) is 18.9 Å². The van der Waals surface area contributed by atoms with E-state index in [1.807, 2.05) is 50.2 Å². The fraction of sp³-hybridized carbons (Fsp3) is 0.304. The second-order valence-corrected chi connectivity index (χ2v) is 9.06. The van der Waals surface area contributed by atoms with Crippen LogP contribution < -0.4 is 15.0 Å². The maximum atomic E-state index is 14.0. The van der Waals surface area contributed by atoms with Crippen molar-refractivity contribution in [3.8, 4) is 5.75 Å². The normalized spacial score (nSPS) is 19.3. The Morgan fingerprint density at radius 1 is 1.16 bits per heavy atom. The van der Waals surface area contributed by atoms with E-state index >= 15 is 0 Å². The molecule has 2 aromatic rings. The molecule has 0 saturated heterocycles. The van der Waals surface area contributed by atoms with E-state index in [4.69, 9.17) is 4.74 Å². The molecule has 2 aliphatic heterocycles. The maximum absolute atomic E-state index is 14.0. The van der Waals surface area contributed by atoms with Crippen molar-refractivity contribution >= 4 is 40.3 Å². The molecular formula is C23H24N4O4S. The number of amidine groups is 1. The summed E-state index contributed by atoms with van der Waals surface area (Å²) in [5, 5.41) is 8.35. The molecule has 0 saturated carbocycles. The molecule has 0 unspecified atom stereocenters. The Morgan fingerprint density at radius 3 is 2.44 bits per heavy atom. The average molecular weight is 453 g/mol. The van der Waals surface area contributed by atoms with Gasteiger partial charge in [0.1, 0.15) is 5.75 Å². The Morgan fingerprint density at radius 2 is 1.84 bits per heavy atom. The number of thioether (sulfide) groups is 1. The molecule has 0 aromatic heterocycles. The summed E-state index contributed by atoms with van der Waals surface area (Å²) in [6.45, 7) is 6.95. The van der Waals surface area contributed by atoms with Crippen LogP contribution in [0.1, 0.15) is 36.1 Å². The first-order valence-corrected chi connectivity index (χ1v) is 10.9. The van der Waals surface area contributed by atoms with Gasteiger partial charge in [-0.25, -0.2) is 0 Å². The minimum atomic E-state index is -1.40. The quantitative estimate of drug-likeness (QED) is 0.773. The molecule has 32 heavy (non-hydrogen) atoms. The first-order valence-electron chi connectivity index (χ1n) is 10.1. The van der Waals surface area contributed by atoms with Gasteiger partial charge in [0, 0.05) is 19.4 Å². The SMILES string of the molecule is COc1ccc(CN2C(=O)[C@]3(SC(NC(C)=O)=NN3C(C)=O)c3cc(C)cc(C)c32)cc1. The van der Waals surface area contributed by atoms with Crippen LogP contribution in [-0.4, -0.2) is 35.0 Å². The number of aryl methyl sites for hydroxylation is 2. The molecule has 2 heterocycles. The number of hydrogen-bond donors (Lipinski definition) is 1. The molecule has 0 radical (unpaired) electrons. The standard InChI is InChI=1S/C23H24N4O4S/c1-13-10-14(2)20-19(11-13)23(27(16(4)29)25-22(32-23)24-15(3)28)21(30)26(20)12-17-6-8-18(31-5)9-7-17/h6-11H,12H2,1-5H3,(H,24,25,28)/t23-/m1/s1. The largest absolute Gasteiger partial charge is 0.497 e. The molecular weight excluding hydrogens is 428 g/mol. The van der Waals surface area contributed by atoms with Gasteiger partial charge in [0.2, 0.25) is 16.7 Å². The number of nitrogens with zero attached hydrogens (tertiary/aromatic N) is 3. The highest BCUT2D eigenvalue weighted by atomic mass is 32.2. The minimum Gasteiger partial charge on any atom is -0.497 e. The fourth-order valence-corrected chi connectivity index (χ4v) is 5.52. The lowest BCUT2D eigenvalue weighted by molar-refractivity contribution is -0.139. The number of fused-ring (bicyclic) bond motifs is 2.